The molecule has 0 radical (unpaired) electrons. The van der Waals surface area contributed by atoms with Crippen LogP contribution in [0.4, 0.5) is 6.01 Å². The molecule has 0 aliphatic rings. The first-order valence-electron chi connectivity index (χ1n) is 5.11. The van der Waals surface area contributed by atoms with Gasteiger partial charge in [0.05, 0.1) is 17.4 Å². The molecule has 0 saturated carbocycles. The highest BCUT2D eigenvalue weighted by molar-refractivity contribution is 7.16. The predicted molar refractivity (Wildman–Crippen MR) is 68.5 cm³/mol. The van der Waals surface area contributed by atoms with Gasteiger partial charge in [-0.3, -0.25) is 0 Å². The van der Waals surface area contributed by atoms with E-state index in [0.717, 1.165) is 9.21 Å². The summed E-state index contributed by atoms with van der Waals surface area (Å²) in [5, 5.41) is 10.9. The molecule has 7 heteroatoms. The molecule has 0 fully saturated rings. The van der Waals surface area contributed by atoms with Crippen molar-refractivity contribution in [3.8, 4) is 0 Å². The van der Waals surface area contributed by atoms with Gasteiger partial charge in [-0.25, -0.2) is 0 Å². The zero-order valence-electron chi connectivity index (χ0n) is 9.61. The van der Waals surface area contributed by atoms with Gasteiger partial charge in [-0.2, -0.15) is 0 Å². The summed E-state index contributed by atoms with van der Waals surface area (Å²) in [6, 6.07) is 4.39. The lowest BCUT2D eigenvalue weighted by molar-refractivity contribution is 0.476. The number of thiophene rings is 1. The summed E-state index contributed by atoms with van der Waals surface area (Å²) in [7, 11) is 3.74. The van der Waals surface area contributed by atoms with Crippen LogP contribution in [0.2, 0.25) is 4.34 Å². The van der Waals surface area contributed by atoms with Gasteiger partial charge >= 0.3 is 6.01 Å². The number of anilines is 1. The molecule has 0 saturated heterocycles. The Labute approximate surface area is 108 Å². The number of halogens is 1. The lowest BCUT2D eigenvalue weighted by Crippen LogP contribution is -2.15. The van der Waals surface area contributed by atoms with Crippen LogP contribution in [0.1, 0.15) is 10.8 Å². The minimum absolute atomic E-state index is 0.514. The van der Waals surface area contributed by atoms with Gasteiger partial charge in [0.25, 0.3) is 0 Å². The SMILES string of the molecule is CNCc1nnc(N(C)Cc2ccc(Cl)s2)o1. The quantitative estimate of drug-likeness (QED) is 0.904. The molecule has 2 aromatic rings. The van der Waals surface area contributed by atoms with E-state index in [0.29, 0.717) is 25.0 Å². The van der Waals surface area contributed by atoms with Crippen LogP contribution in [0.25, 0.3) is 0 Å². The van der Waals surface area contributed by atoms with Crippen molar-refractivity contribution < 1.29 is 4.42 Å². The van der Waals surface area contributed by atoms with E-state index >= 15 is 0 Å². The van der Waals surface area contributed by atoms with E-state index < -0.39 is 0 Å². The Bertz CT molecular complexity index is 484. The molecule has 0 bridgehead atoms. The largest absolute Gasteiger partial charge is 0.407 e. The van der Waals surface area contributed by atoms with Crippen molar-refractivity contribution in [1.29, 1.82) is 0 Å². The van der Waals surface area contributed by atoms with Crippen LogP contribution < -0.4 is 10.2 Å². The summed E-state index contributed by atoms with van der Waals surface area (Å²) in [5.74, 6) is 0.582. The Kier molecular flexibility index (Phi) is 3.98. The van der Waals surface area contributed by atoms with Crippen LogP contribution in [0.15, 0.2) is 16.5 Å². The molecule has 92 valence electrons. The zero-order valence-corrected chi connectivity index (χ0v) is 11.2. The number of nitrogens with one attached hydrogen (secondary N) is 1. The molecule has 2 heterocycles. The van der Waals surface area contributed by atoms with Gasteiger partial charge in [0, 0.05) is 11.9 Å². The van der Waals surface area contributed by atoms with Gasteiger partial charge in [-0.15, -0.1) is 16.4 Å². The van der Waals surface area contributed by atoms with Crippen molar-refractivity contribution in [2.75, 3.05) is 19.0 Å². The molecule has 0 aliphatic carbocycles. The summed E-state index contributed by atoms with van der Waals surface area (Å²) in [4.78, 5) is 3.06. The van der Waals surface area contributed by atoms with Crippen molar-refractivity contribution in [2.24, 2.45) is 0 Å². The molecule has 0 aliphatic heterocycles. The molecular formula is C10H13ClN4OS. The Balaban J connectivity index is 2.01. The molecule has 0 aromatic carbocycles. The third kappa shape index (κ3) is 3.18. The van der Waals surface area contributed by atoms with Gasteiger partial charge in [-0.05, 0) is 19.2 Å². The van der Waals surface area contributed by atoms with Crippen molar-refractivity contribution >= 4 is 29.0 Å². The first-order valence-corrected chi connectivity index (χ1v) is 6.31. The smallest absolute Gasteiger partial charge is 0.318 e. The summed E-state index contributed by atoms with van der Waals surface area (Å²) in [6.07, 6.45) is 0. The van der Waals surface area contributed by atoms with Crippen LogP contribution in [0, 0.1) is 0 Å². The Morgan fingerprint density at radius 3 is 2.94 bits per heavy atom. The number of hydrogen-bond acceptors (Lipinski definition) is 6. The first kappa shape index (κ1) is 12.3. The molecule has 2 rings (SSSR count). The fourth-order valence-corrected chi connectivity index (χ4v) is 2.50. The van der Waals surface area contributed by atoms with Crippen LogP contribution in [-0.2, 0) is 13.1 Å². The molecule has 17 heavy (non-hydrogen) atoms. The second-order valence-corrected chi connectivity index (χ2v) is 5.37. The molecule has 5 nitrogen and oxygen atoms in total. The minimum atomic E-state index is 0.514. The fraction of sp³-hybridized carbons (Fsp3) is 0.400. The lowest BCUT2D eigenvalue weighted by atomic mass is 10.4. The third-order valence-corrected chi connectivity index (χ3v) is 3.35. The zero-order chi connectivity index (χ0) is 12.3. The normalized spacial score (nSPS) is 10.8. The summed E-state index contributed by atoms with van der Waals surface area (Å²) < 4.78 is 6.26. The van der Waals surface area contributed by atoms with Crippen molar-refractivity contribution in [1.82, 2.24) is 15.5 Å². The molecule has 0 spiro atoms. The molecule has 0 amide bonds. The second kappa shape index (κ2) is 5.48. The summed E-state index contributed by atoms with van der Waals surface area (Å²) in [6.45, 7) is 1.28. The highest BCUT2D eigenvalue weighted by Gasteiger charge is 2.11. The number of rotatable bonds is 5. The number of nitrogens with zero attached hydrogens (tertiary/aromatic N) is 3. The Hall–Kier alpha value is -1.11. The van der Waals surface area contributed by atoms with Crippen LogP contribution in [0.5, 0.6) is 0 Å². The van der Waals surface area contributed by atoms with Gasteiger partial charge in [0.1, 0.15) is 0 Å². The van der Waals surface area contributed by atoms with Crippen LogP contribution in [0.3, 0.4) is 0 Å². The second-order valence-electron chi connectivity index (χ2n) is 3.57. The van der Waals surface area contributed by atoms with E-state index in [1.807, 2.05) is 31.1 Å². The monoisotopic (exact) mass is 272 g/mol. The predicted octanol–water partition coefficient (Wildman–Crippen LogP) is 2.14. The van der Waals surface area contributed by atoms with E-state index in [-0.39, 0.29) is 0 Å². The van der Waals surface area contributed by atoms with Crippen LogP contribution >= 0.6 is 22.9 Å². The number of aromatic nitrogens is 2. The lowest BCUT2D eigenvalue weighted by Gasteiger charge is -2.11. The molecule has 2 aromatic heterocycles. The maximum absolute atomic E-state index is 5.88. The maximum atomic E-state index is 5.88. The average Bonchev–Trinajstić information content (AvgIpc) is 2.88. The van der Waals surface area contributed by atoms with E-state index in [4.69, 9.17) is 16.0 Å². The minimum Gasteiger partial charge on any atom is -0.407 e. The first-order chi connectivity index (χ1) is 8.19. The van der Waals surface area contributed by atoms with Crippen molar-refractivity contribution in [3.63, 3.8) is 0 Å². The van der Waals surface area contributed by atoms with Gasteiger partial charge in [0.2, 0.25) is 5.89 Å². The summed E-state index contributed by atoms with van der Waals surface area (Å²) >= 11 is 7.42. The Morgan fingerprint density at radius 1 is 1.47 bits per heavy atom. The van der Waals surface area contributed by atoms with Crippen LogP contribution in [-0.4, -0.2) is 24.3 Å². The highest BCUT2D eigenvalue weighted by atomic mass is 35.5. The Morgan fingerprint density at radius 2 is 2.29 bits per heavy atom. The van der Waals surface area contributed by atoms with Gasteiger partial charge in [-0.1, -0.05) is 16.7 Å². The van der Waals surface area contributed by atoms with Gasteiger partial charge in [0.15, 0.2) is 0 Å². The maximum Gasteiger partial charge on any atom is 0.318 e. The topological polar surface area (TPSA) is 54.2 Å². The van der Waals surface area contributed by atoms with E-state index in [1.54, 1.807) is 11.3 Å². The molecule has 1 N–H and O–H groups in total. The molecular weight excluding hydrogens is 260 g/mol. The van der Waals surface area contributed by atoms with Crippen molar-refractivity contribution in [2.45, 2.75) is 13.1 Å². The van der Waals surface area contributed by atoms with Crippen molar-refractivity contribution in [3.05, 3.63) is 27.2 Å². The van der Waals surface area contributed by atoms with E-state index in [9.17, 15) is 0 Å². The summed E-state index contributed by atoms with van der Waals surface area (Å²) in [5.41, 5.74) is 0. The molecule has 0 unspecified atom stereocenters. The van der Waals surface area contributed by atoms with E-state index in [2.05, 4.69) is 15.5 Å². The van der Waals surface area contributed by atoms with Gasteiger partial charge < -0.3 is 14.6 Å². The highest BCUT2D eigenvalue weighted by Crippen LogP contribution is 2.23. The average molecular weight is 273 g/mol. The fourth-order valence-electron chi connectivity index (χ4n) is 1.36. The molecule has 0 atom stereocenters. The number of hydrogen-bond donors (Lipinski definition) is 1. The van der Waals surface area contributed by atoms with E-state index in [1.165, 1.54) is 0 Å². The standard InChI is InChI=1S/C10H13ClN4OS/c1-12-5-9-13-14-10(16-9)15(2)6-7-3-4-8(11)17-7/h3-4,12H,5-6H2,1-2H3. The third-order valence-electron chi connectivity index (χ3n) is 2.13.